The molecule has 6 nitrogen and oxygen atoms in total. The number of carbonyl (C=O) groups excluding carboxylic acids is 2. The molecule has 2 aromatic rings. The van der Waals surface area contributed by atoms with Gasteiger partial charge < -0.3 is 19.7 Å². The lowest BCUT2D eigenvalue weighted by molar-refractivity contribution is -0.130. The van der Waals surface area contributed by atoms with E-state index in [-0.39, 0.29) is 17.7 Å². The molecule has 162 valence electrons. The molecule has 1 heterocycles. The first-order chi connectivity index (χ1) is 15.1. The van der Waals surface area contributed by atoms with E-state index < -0.39 is 0 Å². The number of benzene rings is 2. The summed E-state index contributed by atoms with van der Waals surface area (Å²) in [5.74, 6) is 0.838. The highest BCUT2D eigenvalue weighted by molar-refractivity contribution is 5.95. The third-order valence-corrected chi connectivity index (χ3v) is 5.11. The minimum atomic E-state index is -0.215. The van der Waals surface area contributed by atoms with Gasteiger partial charge in [-0.25, -0.2) is 0 Å². The Kier molecular flexibility index (Phi) is 7.87. The number of likely N-dealkylation sites (tertiary alicyclic amines) is 1. The van der Waals surface area contributed by atoms with E-state index in [1.54, 1.807) is 30.2 Å². The zero-order valence-electron chi connectivity index (χ0n) is 17.8. The largest absolute Gasteiger partial charge is 0.493 e. The summed E-state index contributed by atoms with van der Waals surface area (Å²) in [5.41, 5.74) is 1.59. The number of nitrogens with one attached hydrogen (secondary N) is 1. The maximum Gasteiger partial charge on any atom is 0.246 e. The lowest BCUT2D eigenvalue weighted by Gasteiger charge is -2.31. The summed E-state index contributed by atoms with van der Waals surface area (Å²) in [7, 11) is 1.57. The average molecular weight is 421 g/mol. The van der Waals surface area contributed by atoms with E-state index in [1.807, 2.05) is 42.5 Å². The van der Waals surface area contributed by atoms with Gasteiger partial charge in [-0.05, 0) is 48.7 Å². The smallest absolute Gasteiger partial charge is 0.246 e. The van der Waals surface area contributed by atoms with Crippen LogP contribution in [0.25, 0.3) is 6.08 Å². The molecule has 1 fully saturated rings. The van der Waals surface area contributed by atoms with Gasteiger partial charge in [-0.2, -0.15) is 0 Å². The van der Waals surface area contributed by atoms with Crippen LogP contribution in [-0.2, 0) is 9.59 Å². The molecule has 1 saturated heterocycles. The molecular formula is C25H28N2O4. The van der Waals surface area contributed by atoms with Crippen LogP contribution in [0.5, 0.6) is 11.5 Å². The monoisotopic (exact) mass is 420 g/mol. The predicted molar refractivity (Wildman–Crippen MR) is 122 cm³/mol. The van der Waals surface area contributed by atoms with Gasteiger partial charge in [0.1, 0.15) is 6.61 Å². The number of amides is 2. The summed E-state index contributed by atoms with van der Waals surface area (Å²) in [6, 6.07) is 14.8. The van der Waals surface area contributed by atoms with Gasteiger partial charge in [-0.1, -0.05) is 36.9 Å². The Hall–Kier alpha value is -3.54. The number of para-hydroxylation sites is 1. The van der Waals surface area contributed by atoms with E-state index in [2.05, 4.69) is 11.9 Å². The maximum atomic E-state index is 12.7. The van der Waals surface area contributed by atoms with E-state index in [4.69, 9.17) is 9.47 Å². The molecule has 1 aliphatic heterocycles. The Morgan fingerprint density at radius 1 is 1.19 bits per heavy atom. The predicted octanol–water partition coefficient (Wildman–Crippen LogP) is 4.15. The molecule has 3 rings (SSSR count). The number of nitrogens with zero attached hydrogens (tertiary/aromatic N) is 1. The molecule has 0 radical (unpaired) electrons. The van der Waals surface area contributed by atoms with Gasteiger partial charge in [0.05, 0.1) is 13.0 Å². The van der Waals surface area contributed by atoms with Gasteiger partial charge in [-0.3, -0.25) is 9.59 Å². The molecule has 1 atom stereocenters. The summed E-state index contributed by atoms with van der Waals surface area (Å²) >= 11 is 0. The SMILES string of the molecule is C=CCOc1ccc(/C=C/C(=O)N2CCCC(C(=O)Nc3ccccc3)C2)cc1OC. The van der Waals surface area contributed by atoms with E-state index in [0.717, 1.165) is 24.1 Å². The van der Waals surface area contributed by atoms with Crippen molar-refractivity contribution in [1.82, 2.24) is 4.90 Å². The second-order valence-corrected chi connectivity index (χ2v) is 7.32. The van der Waals surface area contributed by atoms with Crippen molar-refractivity contribution in [2.45, 2.75) is 12.8 Å². The zero-order chi connectivity index (χ0) is 22.1. The molecule has 0 aromatic heterocycles. The standard InChI is InChI=1S/C25H28N2O4/c1-3-16-31-22-13-11-19(17-23(22)30-2)12-14-24(28)27-15-7-8-20(18-27)25(29)26-21-9-5-4-6-10-21/h3-6,9-14,17,20H,1,7-8,15-16,18H2,2H3,(H,26,29)/b14-12+. The lowest BCUT2D eigenvalue weighted by Crippen LogP contribution is -2.43. The number of hydrogen-bond acceptors (Lipinski definition) is 4. The van der Waals surface area contributed by atoms with Crippen molar-refractivity contribution >= 4 is 23.6 Å². The second kappa shape index (κ2) is 11.0. The maximum absolute atomic E-state index is 12.7. The summed E-state index contributed by atoms with van der Waals surface area (Å²) in [5, 5.41) is 2.93. The molecular weight excluding hydrogens is 392 g/mol. The lowest BCUT2D eigenvalue weighted by atomic mass is 9.97. The molecule has 1 unspecified atom stereocenters. The van der Waals surface area contributed by atoms with Crippen LogP contribution in [0.2, 0.25) is 0 Å². The first-order valence-electron chi connectivity index (χ1n) is 10.4. The highest BCUT2D eigenvalue weighted by Crippen LogP contribution is 2.28. The highest BCUT2D eigenvalue weighted by atomic mass is 16.5. The fourth-order valence-electron chi connectivity index (χ4n) is 3.49. The van der Waals surface area contributed by atoms with E-state index >= 15 is 0 Å². The Balaban J connectivity index is 1.60. The number of rotatable bonds is 8. The van der Waals surface area contributed by atoms with Crippen LogP contribution in [-0.4, -0.2) is 43.5 Å². The van der Waals surface area contributed by atoms with Gasteiger partial charge >= 0.3 is 0 Å². The van der Waals surface area contributed by atoms with Crippen LogP contribution in [0.1, 0.15) is 18.4 Å². The molecule has 1 aliphatic rings. The molecule has 31 heavy (non-hydrogen) atoms. The van der Waals surface area contributed by atoms with Crippen molar-refractivity contribution in [1.29, 1.82) is 0 Å². The van der Waals surface area contributed by atoms with Crippen LogP contribution in [0.15, 0.2) is 67.3 Å². The highest BCUT2D eigenvalue weighted by Gasteiger charge is 2.27. The third-order valence-electron chi connectivity index (χ3n) is 5.11. The third kappa shape index (κ3) is 6.22. The molecule has 2 aromatic carbocycles. The molecule has 1 N–H and O–H groups in total. The average Bonchev–Trinajstić information content (AvgIpc) is 2.82. The fraction of sp³-hybridized carbons (Fsp3) is 0.280. The van der Waals surface area contributed by atoms with Crippen molar-refractivity contribution in [3.8, 4) is 11.5 Å². The van der Waals surface area contributed by atoms with Crippen molar-refractivity contribution in [2.75, 3.05) is 32.1 Å². The normalized spacial score (nSPS) is 16.0. The van der Waals surface area contributed by atoms with E-state index in [9.17, 15) is 9.59 Å². The van der Waals surface area contributed by atoms with Crippen LogP contribution >= 0.6 is 0 Å². The summed E-state index contributed by atoms with van der Waals surface area (Å²) in [6.45, 7) is 5.09. The molecule has 0 aliphatic carbocycles. The molecule has 6 heteroatoms. The van der Waals surface area contributed by atoms with Crippen molar-refractivity contribution < 1.29 is 19.1 Å². The van der Waals surface area contributed by atoms with Gasteiger partial charge in [0.2, 0.25) is 11.8 Å². The van der Waals surface area contributed by atoms with Crippen LogP contribution < -0.4 is 14.8 Å². The van der Waals surface area contributed by atoms with E-state index in [1.165, 1.54) is 6.08 Å². The van der Waals surface area contributed by atoms with Crippen molar-refractivity contribution in [2.24, 2.45) is 5.92 Å². The topological polar surface area (TPSA) is 67.9 Å². The van der Waals surface area contributed by atoms with Gasteiger partial charge in [-0.15, -0.1) is 0 Å². The van der Waals surface area contributed by atoms with E-state index in [0.29, 0.717) is 31.2 Å². The summed E-state index contributed by atoms with van der Waals surface area (Å²) in [6.07, 6.45) is 6.52. The minimum absolute atomic E-state index is 0.0486. The Morgan fingerprint density at radius 2 is 2.00 bits per heavy atom. The number of anilines is 1. The van der Waals surface area contributed by atoms with Crippen LogP contribution in [0.3, 0.4) is 0 Å². The van der Waals surface area contributed by atoms with Crippen LogP contribution in [0, 0.1) is 5.92 Å². The van der Waals surface area contributed by atoms with Gasteiger partial charge in [0, 0.05) is 24.9 Å². The number of carbonyl (C=O) groups is 2. The van der Waals surface area contributed by atoms with Gasteiger partial charge in [0.25, 0.3) is 0 Å². The molecule has 0 bridgehead atoms. The van der Waals surface area contributed by atoms with Crippen molar-refractivity contribution in [3.05, 3.63) is 72.8 Å². The number of methoxy groups -OCH3 is 1. The molecule has 0 saturated carbocycles. The first-order valence-corrected chi connectivity index (χ1v) is 10.4. The number of hydrogen-bond donors (Lipinski definition) is 1. The quantitative estimate of drug-likeness (QED) is 0.515. The summed E-state index contributed by atoms with van der Waals surface area (Å²) in [4.78, 5) is 27.0. The second-order valence-electron chi connectivity index (χ2n) is 7.32. The number of piperidine rings is 1. The Morgan fingerprint density at radius 3 is 2.74 bits per heavy atom. The Labute approximate surface area is 183 Å². The minimum Gasteiger partial charge on any atom is -0.493 e. The van der Waals surface area contributed by atoms with Crippen molar-refractivity contribution in [3.63, 3.8) is 0 Å². The molecule has 0 spiro atoms. The van der Waals surface area contributed by atoms with Crippen LogP contribution in [0.4, 0.5) is 5.69 Å². The van der Waals surface area contributed by atoms with Gasteiger partial charge in [0.15, 0.2) is 11.5 Å². The first kappa shape index (κ1) is 22.2. The summed E-state index contributed by atoms with van der Waals surface area (Å²) < 4.78 is 10.9. The number of ether oxygens (including phenoxy) is 2. The zero-order valence-corrected chi connectivity index (χ0v) is 17.8. The Bertz CT molecular complexity index is 940. The molecule has 2 amide bonds. The fourth-order valence-corrected chi connectivity index (χ4v) is 3.49.